The van der Waals surface area contributed by atoms with Gasteiger partial charge in [0.15, 0.2) is 0 Å². The zero-order valence-electron chi connectivity index (χ0n) is 11.4. The molecule has 2 aromatic rings. The molecule has 20 heavy (non-hydrogen) atoms. The van der Waals surface area contributed by atoms with Crippen LogP contribution in [0, 0.1) is 5.82 Å². The number of nitrogens with one attached hydrogen (secondary N) is 1. The third kappa shape index (κ3) is 3.35. The number of hydrogen-bond donors (Lipinski definition) is 1. The Bertz CT molecular complexity index is 578. The molecule has 0 aliphatic heterocycles. The van der Waals surface area contributed by atoms with Gasteiger partial charge in [0, 0.05) is 6.92 Å². The van der Waals surface area contributed by atoms with Crippen LogP contribution in [-0.2, 0) is 4.79 Å². The fourth-order valence-electron chi connectivity index (χ4n) is 2.01. The number of methoxy groups -OCH3 is 1. The van der Waals surface area contributed by atoms with Crippen LogP contribution in [0.15, 0.2) is 48.5 Å². The molecular formula is C16H16FNO2. The Morgan fingerprint density at radius 3 is 2.00 bits per heavy atom. The number of carbonyl (C=O) groups is 1. The first-order chi connectivity index (χ1) is 9.60. The molecule has 0 aliphatic carbocycles. The Morgan fingerprint density at radius 2 is 1.55 bits per heavy atom. The Kier molecular flexibility index (Phi) is 4.35. The van der Waals surface area contributed by atoms with Crippen molar-refractivity contribution >= 4 is 5.91 Å². The van der Waals surface area contributed by atoms with Crippen LogP contribution in [0.4, 0.5) is 4.39 Å². The minimum Gasteiger partial charge on any atom is -0.497 e. The third-order valence-corrected chi connectivity index (χ3v) is 3.00. The van der Waals surface area contributed by atoms with Crippen molar-refractivity contribution < 1.29 is 13.9 Å². The van der Waals surface area contributed by atoms with Gasteiger partial charge in [-0.2, -0.15) is 0 Å². The highest BCUT2D eigenvalue weighted by Crippen LogP contribution is 2.24. The second-order valence-corrected chi connectivity index (χ2v) is 4.46. The molecule has 0 radical (unpaired) electrons. The van der Waals surface area contributed by atoms with Gasteiger partial charge < -0.3 is 10.1 Å². The highest BCUT2D eigenvalue weighted by molar-refractivity contribution is 5.74. The number of carbonyl (C=O) groups excluding carboxylic acids is 1. The van der Waals surface area contributed by atoms with Crippen LogP contribution < -0.4 is 10.1 Å². The molecule has 3 nitrogen and oxygen atoms in total. The predicted octanol–water partition coefficient (Wildman–Crippen LogP) is 3.06. The summed E-state index contributed by atoms with van der Waals surface area (Å²) in [7, 11) is 1.60. The van der Waals surface area contributed by atoms with Crippen LogP contribution in [0.2, 0.25) is 0 Å². The number of hydrogen-bond acceptors (Lipinski definition) is 2. The van der Waals surface area contributed by atoms with Crippen molar-refractivity contribution in [2.24, 2.45) is 0 Å². The van der Waals surface area contributed by atoms with Crippen molar-refractivity contribution in [3.8, 4) is 5.75 Å². The third-order valence-electron chi connectivity index (χ3n) is 3.00. The van der Waals surface area contributed by atoms with E-state index >= 15 is 0 Å². The summed E-state index contributed by atoms with van der Waals surface area (Å²) in [6.45, 7) is 1.46. The van der Waals surface area contributed by atoms with E-state index in [0.717, 1.165) is 16.9 Å². The maximum atomic E-state index is 13.0. The summed E-state index contributed by atoms with van der Waals surface area (Å²) in [5, 5.41) is 2.87. The topological polar surface area (TPSA) is 38.3 Å². The van der Waals surface area contributed by atoms with E-state index < -0.39 is 0 Å². The number of rotatable bonds is 4. The molecule has 0 spiro atoms. The molecule has 0 saturated heterocycles. The smallest absolute Gasteiger partial charge is 0.217 e. The highest BCUT2D eigenvalue weighted by Gasteiger charge is 2.15. The first kappa shape index (κ1) is 14.1. The molecule has 4 heteroatoms. The molecule has 2 aromatic carbocycles. The molecule has 1 amide bonds. The summed E-state index contributed by atoms with van der Waals surface area (Å²) in [6.07, 6.45) is 0. The Labute approximate surface area is 117 Å². The summed E-state index contributed by atoms with van der Waals surface area (Å²) in [4.78, 5) is 11.4. The van der Waals surface area contributed by atoms with Crippen LogP contribution in [-0.4, -0.2) is 13.0 Å². The maximum absolute atomic E-state index is 13.0. The van der Waals surface area contributed by atoms with Crippen LogP contribution in [0.3, 0.4) is 0 Å². The average molecular weight is 273 g/mol. The fourth-order valence-corrected chi connectivity index (χ4v) is 2.01. The van der Waals surface area contributed by atoms with Crippen molar-refractivity contribution in [2.75, 3.05) is 7.11 Å². The van der Waals surface area contributed by atoms with E-state index in [0.29, 0.717) is 0 Å². The SMILES string of the molecule is COc1ccc(C(NC(C)=O)c2ccc(F)cc2)cc1. The number of ether oxygens (including phenoxy) is 1. The second-order valence-electron chi connectivity index (χ2n) is 4.46. The lowest BCUT2D eigenvalue weighted by atomic mass is 9.98. The van der Waals surface area contributed by atoms with Crippen molar-refractivity contribution in [1.82, 2.24) is 5.32 Å². The van der Waals surface area contributed by atoms with Gasteiger partial charge in [0.05, 0.1) is 13.2 Å². The predicted molar refractivity (Wildman–Crippen MR) is 75.1 cm³/mol. The lowest BCUT2D eigenvalue weighted by Crippen LogP contribution is -2.26. The molecule has 0 aliphatic rings. The molecule has 1 unspecified atom stereocenters. The lowest BCUT2D eigenvalue weighted by Gasteiger charge is -2.19. The fraction of sp³-hybridized carbons (Fsp3) is 0.188. The number of halogens is 1. The Balaban J connectivity index is 2.35. The highest BCUT2D eigenvalue weighted by atomic mass is 19.1. The van der Waals surface area contributed by atoms with Gasteiger partial charge in [0.2, 0.25) is 5.91 Å². The monoisotopic (exact) mass is 273 g/mol. The van der Waals surface area contributed by atoms with Crippen LogP contribution in [0.25, 0.3) is 0 Å². The first-order valence-electron chi connectivity index (χ1n) is 6.26. The van der Waals surface area contributed by atoms with E-state index in [2.05, 4.69) is 5.32 Å². The van der Waals surface area contributed by atoms with E-state index in [1.807, 2.05) is 24.3 Å². The van der Waals surface area contributed by atoms with Crippen molar-refractivity contribution in [3.05, 3.63) is 65.5 Å². The van der Waals surface area contributed by atoms with Gasteiger partial charge in [-0.25, -0.2) is 4.39 Å². The standard InChI is InChI=1S/C16H16FNO2/c1-11(19)18-16(12-3-7-14(17)8-4-12)13-5-9-15(20-2)10-6-13/h3-10,16H,1-2H3,(H,18,19). The Hall–Kier alpha value is -2.36. The van der Waals surface area contributed by atoms with E-state index in [4.69, 9.17) is 4.74 Å². The van der Waals surface area contributed by atoms with Crippen molar-refractivity contribution in [1.29, 1.82) is 0 Å². The van der Waals surface area contributed by atoms with Crippen molar-refractivity contribution in [3.63, 3.8) is 0 Å². The van der Waals surface area contributed by atoms with E-state index in [9.17, 15) is 9.18 Å². The second kappa shape index (κ2) is 6.19. The van der Waals surface area contributed by atoms with Crippen LogP contribution in [0.5, 0.6) is 5.75 Å². The van der Waals surface area contributed by atoms with E-state index in [1.165, 1.54) is 19.1 Å². The maximum Gasteiger partial charge on any atom is 0.217 e. The summed E-state index contributed by atoms with van der Waals surface area (Å²) in [6, 6.07) is 13.2. The quantitative estimate of drug-likeness (QED) is 0.929. The first-order valence-corrected chi connectivity index (χ1v) is 6.26. The van der Waals surface area contributed by atoms with Crippen LogP contribution >= 0.6 is 0 Å². The molecule has 0 fully saturated rings. The number of amides is 1. The minimum absolute atomic E-state index is 0.143. The van der Waals surface area contributed by atoms with Gasteiger partial charge >= 0.3 is 0 Å². The molecule has 1 N–H and O–H groups in total. The molecule has 104 valence electrons. The molecule has 0 heterocycles. The summed E-state index contributed by atoms with van der Waals surface area (Å²) in [5.74, 6) is 0.301. The lowest BCUT2D eigenvalue weighted by molar-refractivity contribution is -0.119. The van der Waals surface area contributed by atoms with Gasteiger partial charge in [-0.15, -0.1) is 0 Å². The Morgan fingerprint density at radius 1 is 1.05 bits per heavy atom. The van der Waals surface area contributed by atoms with Gasteiger partial charge in [-0.3, -0.25) is 4.79 Å². The molecule has 0 bridgehead atoms. The summed E-state index contributed by atoms with van der Waals surface area (Å²) in [5.41, 5.74) is 1.74. The van der Waals surface area contributed by atoms with Crippen LogP contribution in [0.1, 0.15) is 24.1 Å². The van der Waals surface area contributed by atoms with Gasteiger partial charge in [-0.1, -0.05) is 24.3 Å². The van der Waals surface area contributed by atoms with E-state index in [1.54, 1.807) is 19.2 Å². The zero-order chi connectivity index (χ0) is 14.5. The summed E-state index contributed by atoms with van der Waals surface area (Å²) >= 11 is 0. The van der Waals surface area contributed by atoms with Gasteiger partial charge in [-0.05, 0) is 35.4 Å². The average Bonchev–Trinajstić information content (AvgIpc) is 2.46. The minimum atomic E-state index is -0.306. The molecular weight excluding hydrogens is 257 g/mol. The van der Waals surface area contributed by atoms with E-state index in [-0.39, 0.29) is 17.8 Å². The van der Waals surface area contributed by atoms with Gasteiger partial charge in [0.1, 0.15) is 11.6 Å². The van der Waals surface area contributed by atoms with Crippen molar-refractivity contribution in [2.45, 2.75) is 13.0 Å². The largest absolute Gasteiger partial charge is 0.497 e. The molecule has 1 atom stereocenters. The zero-order valence-corrected chi connectivity index (χ0v) is 11.4. The molecule has 2 rings (SSSR count). The summed E-state index contributed by atoms with van der Waals surface area (Å²) < 4.78 is 18.1. The molecule has 0 aromatic heterocycles. The number of benzene rings is 2. The normalized spacial score (nSPS) is 11.8. The molecule has 0 saturated carbocycles. The van der Waals surface area contributed by atoms with Gasteiger partial charge in [0.25, 0.3) is 0 Å².